The van der Waals surface area contributed by atoms with Gasteiger partial charge in [-0.1, -0.05) is 17.7 Å². The van der Waals surface area contributed by atoms with Gasteiger partial charge in [-0.05, 0) is 69.0 Å². The monoisotopic (exact) mass is 416 g/mol. The molecular formula is C22H30N3O3S+. The number of hydrogen-bond acceptors (Lipinski definition) is 4. The number of rotatable bonds is 7. The number of likely N-dealkylation sites (tertiary alicyclic amines) is 1. The maximum absolute atomic E-state index is 12.5. The van der Waals surface area contributed by atoms with Crippen molar-refractivity contribution in [2.24, 2.45) is 5.10 Å². The van der Waals surface area contributed by atoms with E-state index in [2.05, 4.69) is 16.0 Å². The van der Waals surface area contributed by atoms with Crippen molar-refractivity contribution in [2.75, 3.05) is 20.2 Å². The summed E-state index contributed by atoms with van der Waals surface area (Å²) >= 11 is 0. The van der Waals surface area contributed by atoms with Crippen LogP contribution in [0.5, 0.6) is 5.75 Å². The van der Waals surface area contributed by atoms with Crippen LogP contribution in [0, 0.1) is 6.92 Å². The molecule has 0 spiro atoms. The summed E-state index contributed by atoms with van der Waals surface area (Å²) in [6, 6.07) is 12.6. The van der Waals surface area contributed by atoms with E-state index in [-0.39, 0.29) is 4.90 Å². The number of aryl methyl sites for hydroxylation is 1. The molecule has 29 heavy (non-hydrogen) atoms. The van der Waals surface area contributed by atoms with Gasteiger partial charge in [-0.2, -0.15) is 18.4 Å². The Morgan fingerprint density at radius 2 is 1.79 bits per heavy atom. The number of ether oxygens (including phenoxy) is 1. The van der Waals surface area contributed by atoms with Crippen LogP contribution < -0.4 is 14.5 Å². The standard InChI is InChI=1S/C22H29N3O3S/c1-17-7-10-21(11-8-17)29(26,27)24-23-18(2)19-9-12-22(28-3)20(15-19)16-25-13-5-4-6-14-25/h7-12,15,24H,4-6,13-14,16H2,1-3H3/p+1/b23-18-. The molecule has 3 rings (SSSR count). The highest BCUT2D eigenvalue weighted by atomic mass is 32.2. The van der Waals surface area contributed by atoms with Crippen molar-refractivity contribution in [2.45, 2.75) is 44.6 Å². The van der Waals surface area contributed by atoms with Crippen molar-refractivity contribution >= 4 is 15.7 Å². The highest BCUT2D eigenvalue weighted by Gasteiger charge is 2.17. The highest BCUT2D eigenvalue weighted by molar-refractivity contribution is 7.89. The lowest BCUT2D eigenvalue weighted by Crippen LogP contribution is -3.11. The predicted octanol–water partition coefficient (Wildman–Crippen LogP) is 2.27. The van der Waals surface area contributed by atoms with Gasteiger partial charge in [0.1, 0.15) is 12.3 Å². The number of nitrogens with zero attached hydrogens (tertiary/aromatic N) is 1. The van der Waals surface area contributed by atoms with E-state index in [0.717, 1.165) is 29.0 Å². The number of methoxy groups -OCH3 is 1. The number of quaternary nitrogens is 1. The van der Waals surface area contributed by atoms with Gasteiger partial charge in [0.05, 0.1) is 30.8 Å². The van der Waals surface area contributed by atoms with Gasteiger partial charge < -0.3 is 9.64 Å². The minimum absolute atomic E-state index is 0.198. The van der Waals surface area contributed by atoms with Gasteiger partial charge >= 0.3 is 0 Å². The number of benzene rings is 2. The second kappa shape index (κ2) is 9.41. The van der Waals surface area contributed by atoms with E-state index in [0.29, 0.717) is 5.71 Å². The average Bonchev–Trinajstić information content (AvgIpc) is 2.73. The summed E-state index contributed by atoms with van der Waals surface area (Å²) in [4.78, 5) is 4.10. The van der Waals surface area contributed by atoms with Crippen LogP contribution in [0.25, 0.3) is 0 Å². The maximum atomic E-state index is 12.5. The fourth-order valence-corrected chi connectivity index (χ4v) is 4.46. The van der Waals surface area contributed by atoms with Gasteiger partial charge in [0.2, 0.25) is 0 Å². The Morgan fingerprint density at radius 3 is 2.45 bits per heavy atom. The van der Waals surface area contributed by atoms with Crippen LogP contribution in [-0.4, -0.2) is 34.3 Å². The molecule has 1 aliphatic rings. The molecule has 2 N–H and O–H groups in total. The summed E-state index contributed by atoms with van der Waals surface area (Å²) in [6.07, 6.45) is 3.84. The Morgan fingerprint density at radius 1 is 1.10 bits per heavy atom. The van der Waals surface area contributed by atoms with Crippen LogP contribution in [0.4, 0.5) is 0 Å². The lowest BCUT2D eigenvalue weighted by molar-refractivity contribution is -0.918. The fraction of sp³-hybridized carbons (Fsp3) is 0.409. The topological polar surface area (TPSA) is 72.2 Å². The van der Waals surface area contributed by atoms with E-state index in [9.17, 15) is 8.42 Å². The SMILES string of the molecule is COc1ccc(/C(C)=N\NS(=O)(=O)c2ccc(C)cc2)cc1C[NH+]1CCCCC1. The summed E-state index contributed by atoms with van der Waals surface area (Å²) in [5.74, 6) is 0.861. The Hall–Kier alpha value is -2.38. The van der Waals surface area contributed by atoms with Gasteiger partial charge in [0.25, 0.3) is 10.0 Å². The number of sulfonamides is 1. The second-order valence-electron chi connectivity index (χ2n) is 7.62. The Balaban J connectivity index is 1.77. The van der Waals surface area contributed by atoms with Crippen LogP contribution in [0.1, 0.15) is 42.9 Å². The largest absolute Gasteiger partial charge is 0.496 e. The molecule has 1 saturated heterocycles. The molecule has 1 aliphatic heterocycles. The molecule has 0 bridgehead atoms. The fourth-order valence-electron chi connectivity index (χ4n) is 3.60. The third-order valence-corrected chi connectivity index (χ3v) is 6.59. The zero-order valence-corrected chi connectivity index (χ0v) is 18.2. The number of hydrazone groups is 1. The van der Waals surface area contributed by atoms with Gasteiger partial charge in [-0.15, -0.1) is 0 Å². The Bertz CT molecular complexity index is 963. The van der Waals surface area contributed by atoms with Crippen molar-refractivity contribution in [3.8, 4) is 5.75 Å². The number of piperidine rings is 1. The van der Waals surface area contributed by atoms with Crippen molar-refractivity contribution in [3.63, 3.8) is 0 Å². The van der Waals surface area contributed by atoms with Crippen LogP contribution in [-0.2, 0) is 16.6 Å². The normalized spacial score (nSPS) is 15.9. The van der Waals surface area contributed by atoms with E-state index in [1.807, 2.05) is 19.1 Å². The van der Waals surface area contributed by atoms with Crippen LogP contribution in [0.3, 0.4) is 0 Å². The minimum atomic E-state index is -3.69. The highest BCUT2D eigenvalue weighted by Crippen LogP contribution is 2.20. The van der Waals surface area contributed by atoms with E-state index in [1.54, 1.807) is 43.2 Å². The molecule has 2 aromatic carbocycles. The van der Waals surface area contributed by atoms with Crippen LogP contribution in [0.2, 0.25) is 0 Å². The molecule has 0 unspecified atom stereocenters. The van der Waals surface area contributed by atoms with Gasteiger partial charge in [0, 0.05) is 5.56 Å². The maximum Gasteiger partial charge on any atom is 0.276 e. The quantitative estimate of drug-likeness (QED) is 0.537. The molecule has 0 aromatic heterocycles. The van der Waals surface area contributed by atoms with Crippen LogP contribution in [0.15, 0.2) is 52.5 Å². The van der Waals surface area contributed by atoms with Gasteiger partial charge in [-0.25, -0.2) is 0 Å². The molecule has 156 valence electrons. The van der Waals surface area contributed by atoms with Crippen molar-refractivity contribution < 1.29 is 18.1 Å². The molecule has 6 nitrogen and oxygen atoms in total. The summed E-state index contributed by atoms with van der Waals surface area (Å²) in [5.41, 5.74) is 3.62. The third kappa shape index (κ3) is 5.58. The molecule has 1 heterocycles. The predicted molar refractivity (Wildman–Crippen MR) is 115 cm³/mol. The first-order valence-electron chi connectivity index (χ1n) is 10.0. The number of nitrogens with one attached hydrogen (secondary N) is 2. The van der Waals surface area contributed by atoms with Crippen molar-refractivity contribution in [3.05, 3.63) is 59.2 Å². The van der Waals surface area contributed by atoms with E-state index in [1.165, 1.54) is 32.4 Å². The summed E-state index contributed by atoms with van der Waals surface area (Å²) < 4.78 is 30.5. The zero-order valence-electron chi connectivity index (χ0n) is 17.4. The first kappa shape index (κ1) is 21.3. The molecule has 0 aliphatic carbocycles. The minimum Gasteiger partial charge on any atom is -0.496 e. The molecule has 0 radical (unpaired) electrons. The smallest absolute Gasteiger partial charge is 0.276 e. The van der Waals surface area contributed by atoms with Gasteiger partial charge in [-0.3, -0.25) is 0 Å². The lowest BCUT2D eigenvalue weighted by atomic mass is 10.0. The van der Waals surface area contributed by atoms with E-state index >= 15 is 0 Å². The van der Waals surface area contributed by atoms with Crippen molar-refractivity contribution in [1.29, 1.82) is 0 Å². The summed E-state index contributed by atoms with van der Waals surface area (Å²) in [6.45, 7) is 6.98. The Kier molecular flexibility index (Phi) is 6.92. The first-order chi connectivity index (χ1) is 13.9. The van der Waals surface area contributed by atoms with Crippen LogP contribution >= 0.6 is 0 Å². The molecule has 2 aromatic rings. The average molecular weight is 417 g/mol. The molecule has 0 amide bonds. The molecule has 0 atom stereocenters. The molecule has 1 fully saturated rings. The lowest BCUT2D eigenvalue weighted by Gasteiger charge is -2.24. The van der Waals surface area contributed by atoms with E-state index in [4.69, 9.17) is 4.74 Å². The molecule has 0 saturated carbocycles. The summed E-state index contributed by atoms with van der Waals surface area (Å²) in [5, 5.41) is 4.14. The van der Waals surface area contributed by atoms with Crippen molar-refractivity contribution in [1.82, 2.24) is 4.83 Å². The number of hydrogen-bond donors (Lipinski definition) is 2. The zero-order chi connectivity index (χ0) is 20.9. The second-order valence-corrected chi connectivity index (χ2v) is 9.28. The molecule has 7 heteroatoms. The Labute approximate surface area is 173 Å². The first-order valence-corrected chi connectivity index (χ1v) is 11.5. The third-order valence-electron chi connectivity index (χ3n) is 5.36. The summed E-state index contributed by atoms with van der Waals surface area (Å²) in [7, 11) is -2.01. The van der Waals surface area contributed by atoms with Gasteiger partial charge in [0.15, 0.2) is 0 Å². The van der Waals surface area contributed by atoms with E-state index < -0.39 is 10.0 Å². The molecular weight excluding hydrogens is 386 g/mol.